The van der Waals surface area contributed by atoms with Gasteiger partial charge in [-0.25, -0.2) is 8.78 Å². The molecule has 0 aliphatic heterocycles. The molecule has 0 atom stereocenters. The van der Waals surface area contributed by atoms with Crippen LogP contribution in [0.25, 0.3) is 0 Å². The third-order valence-electron chi connectivity index (χ3n) is 1.58. The van der Waals surface area contributed by atoms with E-state index in [9.17, 15) is 18.9 Å². The maximum atomic E-state index is 12.4. The van der Waals surface area contributed by atoms with E-state index < -0.39 is 27.8 Å². The van der Waals surface area contributed by atoms with Crippen LogP contribution in [-0.4, -0.2) is 17.0 Å². The molecule has 1 aromatic heterocycles. The first-order chi connectivity index (χ1) is 6.97. The Labute approximate surface area is 87.8 Å². The molecule has 0 unspecified atom stereocenters. The second-order valence-electron chi connectivity index (χ2n) is 2.45. The Bertz CT molecular complexity index is 400. The van der Waals surface area contributed by atoms with Crippen LogP contribution in [0.15, 0.2) is 6.07 Å². The molecule has 0 bridgehead atoms. The first-order valence-corrected chi connectivity index (χ1v) is 4.02. The Balaban J connectivity index is 3.42. The van der Waals surface area contributed by atoms with E-state index in [4.69, 9.17) is 11.6 Å². The minimum absolute atomic E-state index is 0.194. The highest BCUT2D eigenvalue weighted by atomic mass is 35.5. The molecule has 1 aromatic rings. The van der Waals surface area contributed by atoms with Gasteiger partial charge in [-0.05, 0) is 0 Å². The molecule has 0 spiro atoms. The van der Waals surface area contributed by atoms with Crippen molar-refractivity contribution in [3.63, 3.8) is 0 Å². The van der Waals surface area contributed by atoms with E-state index in [1.165, 1.54) is 7.11 Å². The predicted octanol–water partition coefficient (Wildman–Crippen LogP) is 2.59. The summed E-state index contributed by atoms with van der Waals surface area (Å²) in [5.41, 5.74) is -1.70. The molecule has 5 nitrogen and oxygen atoms in total. The SMILES string of the molecule is COc1cc(C(F)F)c([N+](=O)[O-])c(Cl)n1. The van der Waals surface area contributed by atoms with Gasteiger partial charge in [-0.3, -0.25) is 10.1 Å². The molecule has 8 heteroatoms. The Morgan fingerprint density at radius 3 is 2.67 bits per heavy atom. The molecule has 0 fully saturated rings. The topological polar surface area (TPSA) is 65.3 Å². The minimum Gasteiger partial charge on any atom is -0.481 e. The lowest BCUT2D eigenvalue weighted by molar-refractivity contribution is -0.386. The fourth-order valence-corrected chi connectivity index (χ4v) is 1.22. The summed E-state index contributed by atoms with van der Waals surface area (Å²) in [6.45, 7) is 0. The summed E-state index contributed by atoms with van der Waals surface area (Å²) in [5, 5.41) is 9.84. The standard InChI is InChI=1S/C7H5ClF2N2O3/c1-15-4-2-3(7(9)10)5(12(13)14)6(8)11-4/h2,7H,1H3. The Morgan fingerprint density at radius 1 is 1.67 bits per heavy atom. The van der Waals surface area contributed by atoms with Crippen molar-refractivity contribution < 1.29 is 18.4 Å². The summed E-state index contributed by atoms with van der Waals surface area (Å²) in [7, 11) is 1.19. The number of rotatable bonds is 3. The van der Waals surface area contributed by atoms with Crippen molar-refractivity contribution in [2.24, 2.45) is 0 Å². The Hall–Kier alpha value is -1.50. The van der Waals surface area contributed by atoms with Crippen LogP contribution in [0.4, 0.5) is 14.5 Å². The number of nitrogens with zero attached hydrogens (tertiary/aromatic N) is 2. The number of pyridine rings is 1. The molecule has 1 heterocycles. The molecular weight excluding hydrogens is 234 g/mol. The summed E-state index contributed by atoms with van der Waals surface area (Å²) in [6, 6.07) is 0.786. The first kappa shape index (κ1) is 11.6. The number of halogens is 3. The molecule has 0 N–H and O–H groups in total. The van der Waals surface area contributed by atoms with Crippen molar-refractivity contribution in [3.8, 4) is 5.88 Å². The van der Waals surface area contributed by atoms with Gasteiger partial charge >= 0.3 is 5.69 Å². The third kappa shape index (κ3) is 2.30. The molecular formula is C7H5ClF2N2O3. The van der Waals surface area contributed by atoms with Gasteiger partial charge in [0.25, 0.3) is 6.43 Å². The largest absolute Gasteiger partial charge is 0.481 e. The highest BCUT2D eigenvalue weighted by Crippen LogP contribution is 2.35. The van der Waals surface area contributed by atoms with E-state index in [-0.39, 0.29) is 5.88 Å². The lowest BCUT2D eigenvalue weighted by atomic mass is 10.2. The number of ether oxygens (including phenoxy) is 1. The number of nitro groups is 1. The Kier molecular flexibility index (Phi) is 3.35. The lowest BCUT2D eigenvalue weighted by Crippen LogP contribution is -2.00. The molecule has 0 amide bonds. The van der Waals surface area contributed by atoms with Crippen molar-refractivity contribution in [1.29, 1.82) is 0 Å². The van der Waals surface area contributed by atoms with E-state index in [0.29, 0.717) is 0 Å². The average molecular weight is 239 g/mol. The monoisotopic (exact) mass is 238 g/mol. The van der Waals surface area contributed by atoms with Crippen LogP contribution in [0.1, 0.15) is 12.0 Å². The normalized spacial score (nSPS) is 10.5. The van der Waals surface area contributed by atoms with Gasteiger partial charge in [0.2, 0.25) is 11.0 Å². The molecule has 82 valence electrons. The molecule has 0 saturated heterocycles. The van der Waals surface area contributed by atoms with Crippen molar-refractivity contribution >= 4 is 17.3 Å². The molecule has 0 aliphatic carbocycles. The average Bonchev–Trinajstić information content (AvgIpc) is 2.15. The van der Waals surface area contributed by atoms with Gasteiger partial charge in [0.15, 0.2) is 0 Å². The number of hydrogen-bond donors (Lipinski definition) is 0. The molecule has 1 rings (SSSR count). The second kappa shape index (κ2) is 4.35. The van der Waals surface area contributed by atoms with Crippen LogP contribution in [0.5, 0.6) is 5.88 Å². The maximum Gasteiger partial charge on any atom is 0.315 e. The van der Waals surface area contributed by atoms with Gasteiger partial charge in [-0.15, -0.1) is 0 Å². The van der Waals surface area contributed by atoms with Crippen molar-refractivity contribution in [1.82, 2.24) is 4.98 Å². The fraction of sp³-hybridized carbons (Fsp3) is 0.286. The fourth-order valence-electron chi connectivity index (χ4n) is 0.954. The van der Waals surface area contributed by atoms with Crippen molar-refractivity contribution in [2.45, 2.75) is 6.43 Å². The zero-order chi connectivity index (χ0) is 11.6. The van der Waals surface area contributed by atoms with E-state index in [1.807, 2.05) is 0 Å². The van der Waals surface area contributed by atoms with Crippen molar-refractivity contribution in [2.75, 3.05) is 7.11 Å². The van der Waals surface area contributed by atoms with Gasteiger partial charge < -0.3 is 4.74 Å². The van der Waals surface area contributed by atoms with Crippen LogP contribution in [0.3, 0.4) is 0 Å². The summed E-state index contributed by atoms with van der Waals surface area (Å²) in [4.78, 5) is 12.9. The molecule has 0 aliphatic rings. The van der Waals surface area contributed by atoms with Gasteiger partial charge in [-0.1, -0.05) is 11.6 Å². The maximum absolute atomic E-state index is 12.4. The highest BCUT2D eigenvalue weighted by Gasteiger charge is 2.27. The molecule has 15 heavy (non-hydrogen) atoms. The summed E-state index contributed by atoms with van der Waals surface area (Å²) < 4.78 is 29.4. The smallest absolute Gasteiger partial charge is 0.315 e. The number of alkyl halides is 2. The number of hydrogen-bond acceptors (Lipinski definition) is 4. The Morgan fingerprint density at radius 2 is 2.27 bits per heavy atom. The highest BCUT2D eigenvalue weighted by molar-refractivity contribution is 6.31. The molecule has 0 aromatic carbocycles. The van der Waals surface area contributed by atoms with Gasteiger partial charge in [0.05, 0.1) is 12.0 Å². The summed E-state index contributed by atoms with van der Waals surface area (Å²) in [5.74, 6) is -0.194. The van der Waals surface area contributed by atoms with Crippen LogP contribution in [0.2, 0.25) is 5.15 Å². The number of aromatic nitrogens is 1. The molecule has 0 radical (unpaired) electrons. The molecule has 0 saturated carbocycles. The van der Waals surface area contributed by atoms with Gasteiger partial charge in [0.1, 0.15) is 5.56 Å². The van der Waals surface area contributed by atoms with E-state index in [2.05, 4.69) is 9.72 Å². The van der Waals surface area contributed by atoms with Crippen LogP contribution in [0, 0.1) is 10.1 Å². The van der Waals surface area contributed by atoms with Gasteiger partial charge in [-0.2, -0.15) is 4.98 Å². The van der Waals surface area contributed by atoms with E-state index >= 15 is 0 Å². The van der Waals surface area contributed by atoms with Crippen LogP contribution >= 0.6 is 11.6 Å². The minimum atomic E-state index is -3.01. The van der Waals surface area contributed by atoms with E-state index in [1.54, 1.807) is 0 Å². The van der Waals surface area contributed by atoms with Gasteiger partial charge in [0, 0.05) is 6.07 Å². The first-order valence-electron chi connectivity index (χ1n) is 3.64. The predicted molar refractivity (Wildman–Crippen MR) is 47.4 cm³/mol. The lowest BCUT2D eigenvalue weighted by Gasteiger charge is -2.05. The number of methoxy groups -OCH3 is 1. The zero-order valence-corrected chi connectivity index (χ0v) is 8.16. The second-order valence-corrected chi connectivity index (χ2v) is 2.81. The van der Waals surface area contributed by atoms with Crippen LogP contribution in [-0.2, 0) is 0 Å². The van der Waals surface area contributed by atoms with E-state index in [0.717, 1.165) is 6.07 Å². The van der Waals surface area contributed by atoms with Crippen LogP contribution < -0.4 is 4.74 Å². The summed E-state index contributed by atoms with van der Waals surface area (Å²) in [6.07, 6.45) is -3.01. The quantitative estimate of drug-likeness (QED) is 0.461. The third-order valence-corrected chi connectivity index (χ3v) is 1.85. The summed E-state index contributed by atoms with van der Waals surface area (Å²) >= 11 is 5.39. The van der Waals surface area contributed by atoms with Crippen molar-refractivity contribution in [3.05, 3.63) is 26.9 Å². The zero-order valence-electron chi connectivity index (χ0n) is 7.41.